The van der Waals surface area contributed by atoms with Crippen LogP contribution in [0.15, 0.2) is 29.2 Å². The van der Waals surface area contributed by atoms with E-state index in [-0.39, 0.29) is 18.3 Å². The topological polar surface area (TPSA) is 78.6 Å². The van der Waals surface area contributed by atoms with E-state index in [0.717, 1.165) is 16.7 Å². The number of hydrogen-bond donors (Lipinski definition) is 1. The summed E-state index contributed by atoms with van der Waals surface area (Å²) in [5.74, 6) is 0.0988. The van der Waals surface area contributed by atoms with E-state index < -0.39 is 5.97 Å². The number of hydrogen-bond acceptors (Lipinski definition) is 6. The van der Waals surface area contributed by atoms with E-state index in [1.807, 2.05) is 0 Å². The largest absolute Gasteiger partial charge is 0.482 e. The third kappa shape index (κ3) is 4.88. The van der Waals surface area contributed by atoms with Gasteiger partial charge in [0.1, 0.15) is 5.75 Å². The normalized spacial score (nSPS) is 9.76. The Hall–Kier alpha value is -1.53. The molecule has 0 spiro atoms. The van der Waals surface area contributed by atoms with Gasteiger partial charge in [0.05, 0.1) is 13.7 Å². The Kier molecular flexibility index (Phi) is 5.51. The van der Waals surface area contributed by atoms with E-state index in [9.17, 15) is 9.59 Å². The van der Waals surface area contributed by atoms with Crippen LogP contribution in [-0.4, -0.2) is 31.3 Å². The van der Waals surface area contributed by atoms with E-state index in [4.69, 9.17) is 10.5 Å². The molecule has 0 bridgehead atoms. The molecule has 0 aliphatic rings. The Morgan fingerprint density at radius 2 is 1.94 bits per heavy atom. The summed E-state index contributed by atoms with van der Waals surface area (Å²) in [6.07, 6.45) is 0. The molecule has 0 saturated carbocycles. The molecule has 0 unspecified atom stereocenters. The van der Waals surface area contributed by atoms with Gasteiger partial charge < -0.3 is 15.2 Å². The van der Waals surface area contributed by atoms with Crippen molar-refractivity contribution in [3.8, 4) is 5.75 Å². The summed E-state index contributed by atoms with van der Waals surface area (Å²) in [5, 5.41) is -0.103. The number of esters is 1. The molecule has 0 aliphatic heterocycles. The molecule has 17 heavy (non-hydrogen) atoms. The molecule has 92 valence electrons. The molecule has 0 radical (unpaired) electrons. The highest BCUT2D eigenvalue weighted by Gasteiger charge is 2.04. The van der Waals surface area contributed by atoms with Crippen LogP contribution in [0.25, 0.3) is 0 Å². The number of benzene rings is 1. The monoisotopic (exact) mass is 255 g/mol. The van der Waals surface area contributed by atoms with Gasteiger partial charge in [-0.3, -0.25) is 4.79 Å². The van der Waals surface area contributed by atoms with Crippen LogP contribution in [0, 0.1) is 0 Å². The minimum atomic E-state index is -0.443. The Balaban J connectivity index is 2.50. The maximum absolute atomic E-state index is 11.1. The molecule has 2 N–H and O–H groups in total. The maximum atomic E-state index is 11.1. The molecular weight excluding hydrogens is 242 g/mol. The van der Waals surface area contributed by atoms with E-state index in [0.29, 0.717) is 5.75 Å². The summed E-state index contributed by atoms with van der Waals surface area (Å²) in [6.45, 7) is -0.129. The van der Waals surface area contributed by atoms with Crippen molar-refractivity contribution in [2.75, 3.05) is 20.3 Å². The van der Waals surface area contributed by atoms with Crippen molar-refractivity contribution in [3.05, 3.63) is 24.3 Å². The van der Waals surface area contributed by atoms with Crippen molar-refractivity contribution < 1.29 is 19.1 Å². The first-order valence-corrected chi connectivity index (χ1v) is 5.67. The van der Waals surface area contributed by atoms with E-state index in [1.54, 1.807) is 24.3 Å². The second-order valence-corrected chi connectivity index (χ2v) is 4.15. The number of carbonyl (C=O) groups excluding carboxylic acids is 2. The third-order valence-corrected chi connectivity index (χ3v) is 2.71. The van der Waals surface area contributed by atoms with E-state index in [1.165, 1.54) is 7.11 Å². The summed E-state index contributed by atoms with van der Waals surface area (Å²) in [5.41, 5.74) is 5.20. The lowest BCUT2D eigenvalue weighted by Gasteiger charge is -2.05. The van der Waals surface area contributed by atoms with Crippen LogP contribution in [0.2, 0.25) is 0 Å². The molecule has 0 saturated heterocycles. The van der Waals surface area contributed by atoms with Crippen LogP contribution in [0.4, 0.5) is 0 Å². The number of thioether (sulfide) groups is 1. The zero-order valence-corrected chi connectivity index (χ0v) is 10.2. The Labute approximate surface area is 103 Å². The highest BCUT2D eigenvalue weighted by molar-refractivity contribution is 8.13. The molecule has 1 aromatic carbocycles. The highest BCUT2D eigenvalue weighted by Crippen LogP contribution is 2.21. The van der Waals surface area contributed by atoms with Gasteiger partial charge >= 0.3 is 5.97 Å². The standard InChI is InChI=1S/C11H13NO4S/c1-15-10(13)7-16-8-2-4-9(5-3-8)17-11(14)6-12/h2-5H,6-7,12H2,1H3. The van der Waals surface area contributed by atoms with Gasteiger partial charge in [-0.05, 0) is 24.3 Å². The first kappa shape index (κ1) is 13.5. The van der Waals surface area contributed by atoms with Gasteiger partial charge in [-0.15, -0.1) is 0 Å². The number of carbonyl (C=O) groups is 2. The Bertz CT molecular complexity index is 391. The van der Waals surface area contributed by atoms with Crippen molar-refractivity contribution in [2.24, 2.45) is 5.73 Å². The first-order valence-electron chi connectivity index (χ1n) is 4.86. The molecule has 0 amide bonds. The summed E-state index contributed by atoms with van der Waals surface area (Å²) in [4.78, 5) is 22.7. The van der Waals surface area contributed by atoms with Gasteiger partial charge in [0, 0.05) is 4.90 Å². The van der Waals surface area contributed by atoms with Crippen molar-refractivity contribution in [1.29, 1.82) is 0 Å². The molecule has 0 atom stereocenters. The van der Waals surface area contributed by atoms with Gasteiger partial charge in [-0.1, -0.05) is 11.8 Å². The smallest absolute Gasteiger partial charge is 0.343 e. The second kappa shape index (κ2) is 6.93. The van der Waals surface area contributed by atoms with Gasteiger partial charge in [0.25, 0.3) is 0 Å². The number of ether oxygens (including phenoxy) is 2. The molecule has 0 aliphatic carbocycles. The molecule has 0 heterocycles. The summed E-state index contributed by atoms with van der Waals surface area (Å²) >= 11 is 1.07. The lowest BCUT2D eigenvalue weighted by molar-refractivity contribution is -0.142. The molecule has 6 heteroatoms. The van der Waals surface area contributed by atoms with E-state index in [2.05, 4.69) is 4.74 Å². The van der Waals surface area contributed by atoms with Gasteiger partial charge in [0.2, 0.25) is 5.12 Å². The first-order chi connectivity index (χ1) is 8.15. The van der Waals surface area contributed by atoms with Crippen molar-refractivity contribution in [1.82, 2.24) is 0 Å². The van der Waals surface area contributed by atoms with Gasteiger partial charge in [-0.25, -0.2) is 4.79 Å². The van der Waals surface area contributed by atoms with Crippen LogP contribution in [-0.2, 0) is 14.3 Å². The lowest BCUT2D eigenvalue weighted by atomic mass is 10.3. The Morgan fingerprint density at radius 1 is 1.29 bits per heavy atom. The minimum absolute atomic E-state index is 0.00522. The number of methoxy groups -OCH3 is 1. The summed E-state index contributed by atoms with van der Waals surface area (Å²) in [6, 6.07) is 6.81. The maximum Gasteiger partial charge on any atom is 0.343 e. The van der Waals surface area contributed by atoms with E-state index >= 15 is 0 Å². The predicted molar refractivity (Wildman–Crippen MR) is 63.9 cm³/mol. The van der Waals surface area contributed by atoms with Crippen LogP contribution >= 0.6 is 11.8 Å². The fraction of sp³-hybridized carbons (Fsp3) is 0.273. The molecular formula is C11H13NO4S. The minimum Gasteiger partial charge on any atom is -0.482 e. The highest BCUT2D eigenvalue weighted by atomic mass is 32.2. The fourth-order valence-corrected chi connectivity index (χ4v) is 1.60. The van der Waals surface area contributed by atoms with Crippen LogP contribution in [0.3, 0.4) is 0 Å². The predicted octanol–water partition coefficient (Wildman–Crippen LogP) is 0.816. The molecule has 0 aromatic heterocycles. The number of nitrogens with two attached hydrogens (primary N) is 1. The number of rotatable bonds is 5. The quantitative estimate of drug-likeness (QED) is 0.620. The van der Waals surface area contributed by atoms with Gasteiger partial charge in [-0.2, -0.15) is 0 Å². The second-order valence-electron chi connectivity index (χ2n) is 3.01. The SMILES string of the molecule is COC(=O)COc1ccc(SC(=O)CN)cc1. The van der Waals surface area contributed by atoms with Crippen molar-refractivity contribution >= 4 is 22.8 Å². The van der Waals surface area contributed by atoms with Crippen molar-refractivity contribution in [2.45, 2.75) is 4.90 Å². The zero-order chi connectivity index (χ0) is 12.7. The molecule has 5 nitrogen and oxygen atoms in total. The lowest BCUT2D eigenvalue weighted by Crippen LogP contribution is -2.12. The summed E-state index contributed by atoms with van der Waals surface area (Å²) < 4.78 is 9.59. The van der Waals surface area contributed by atoms with Crippen LogP contribution in [0.5, 0.6) is 5.75 Å². The van der Waals surface area contributed by atoms with Gasteiger partial charge in [0.15, 0.2) is 6.61 Å². The Morgan fingerprint density at radius 3 is 2.47 bits per heavy atom. The molecule has 1 rings (SSSR count). The van der Waals surface area contributed by atoms with Crippen LogP contribution < -0.4 is 10.5 Å². The summed E-state index contributed by atoms with van der Waals surface area (Å²) in [7, 11) is 1.30. The molecule has 0 fully saturated rings. The zero-order valence-electron chi connectivity index (χ0n) is 9.34. The molecule has 1 aromatic rings. The average molecular weight is 255 g/mol. The van der Waals surface area contributed by atoms with Crippen LogP contribution in [0.1, 0.15) is 0 Å². The average Bonchev–Trinajstić information content (AvgIpc) is 2.37. The van der Waals surface area contributed by atoms with Crippen molar-refractivity contribution in [3.63, 3.8) is 0 Å². The fourth-order valence-electron chi connectivity index (χ4n) is 0.978. The third-order valence-electron chi connectivity index (χ3n) is 1.81.